The van der Waals surface area contributed by atoms with E-state index < -0.39 is 5.41 Å². The topological polar surface area (TPSA) is 20.3 Å². The minimum Gasteiger partial charge on any atom is -0.341 e. The number of rotatable bonds is 5. The molecule has 0 saturated carbocycles. The van der Waals surface area contributed by atoms with Gasteiger partial charge in [0.1, 0.15) is 0 Å². The number of hydrogen-bond donors (Lipinski definition) is 0. The summed E-state index contributed by atoms with van der Waals surface area (Å²) in [4.78, 5) is 16.9. The predicted octanol–water partition coefficient (Wildman–Crippen LogP) is 4.41. The molecule has 2 aromatic rings. The van der Waals surface area contributed by atoms with Gasteiger partial charge in [0.25, 0.3) is 0 Å². The molecule has 0 spiro atoms. The van der Waals surface area contributed by atoms with Gasteiger partial charge in [-0.05, 0) is 49.2 Å². The maximum atomic E-state index is 12.7. The van der Waals surface area contributed by atoms with Gasteiger partial charge in [0.05, 0.1) is 5.41 Å². The second-order valence-electron chi connectivity index (χ2n) is 5.61. The Morgan fingerprint density at radius 3 is 2.43 bits per heavy atom. The molecule has 21 heavy (non-hydrogen) atoms. The number of likely N-dealkylation sites (N-methyl/N-ethyl adjacent to an activating group) is 1. The zero-order valence-electron chi connectivity index (χ0n) is 12.9. The molecule has 2 rings (SSSR count). The van der Waals surface area contributed by atoms with Gasteiger partial charge in [-0.25, -0.2) is 0 Å². The van der Waals surface area contributed by atoms with Gasteiger partial charge in [-0.3, -0.25) is 4.79 Å². The summed E-state index contributed by atoms with van der Waals surface area (Å²) in [6.45, 7) is 4.63. The lowest BCUT2D eigenvalue weighted by molar-refractivity contribution is -0.135. The van der Waals surface area contributed by atoms with Crippen molar-refractivity contribution in [3.05, 3.63) is 52.2 Å². The van der Waals surface area contributed by atoms with Crippen LogP contribution in [0.5, 0.6) is 0 Å². The van der Waals surface area contributed by atoms with Crippen LogP contribution >= 0.6 is 23.1 Å². The number of benzene rings is 1. The first-order valence-corrected chi connectivity index (χ1v) is 8.98. The van der Waals surface area contributed by atoms with Crippen molar-refractivity contribution in [3.8, 4) is 0 Å². The van der Waals surface area contributed by atoms with Crippen molar-refractivity contribution in [2.24, 2.45) is 0 Å². The van der Waals surface area contributed by atoms with E-state index >= 15 is 0 Å². The molecule has 0 bridgehead atoms. The first-order chi connectivity index (χ1) is 9.95. The molecule has 1 heterocycles. The van der Waals surface area contributed by atoms with Crippen LogP contribution in [0, 0.1) is 0 Å². The third-order valence-corrected chi connectivity index (χ3v) is 5.53. The number of carbonyl (C=O) groups excluding carboxylic acids is 1. The van der Waals surface area contributed by atoms with E-state index in [0.717, 1.165) is 10.4 Å². The third-order valence-electron chi connectivity index (χ3n) is 3.60. The second-order valence-corrected chi connectivity index (χ2v) is 7.44. The average molecular weight is 319 g/mol. The highest BCUT2D eigenvalue weighted by Crippen LogP contribution is 2.29. The van der Waals surface area contributed by atoms with Gasteiger partial charge in [0.2, 0.25) is 5.91 Å². The van der Waals surface area contributed by atoms with E-state index in [0.29, 0.717) is 6.54 Å². The molecule has 0 unspecified atom stereocenters. The summed E-state index contributed by atoms with van der Waals surface area (Å²) in [5.74, 6) is 0.152. The lowest BCUT2D eigenvalue weighted by Gasteiger charge is -2.28. The predicted molar refractivity (Wildman–Crippen MR) is 92.0 cm³/mol. The summed E-state index contributed by atoms with van der Waals surface area (Å²) in [6.07, 6.45) is 2.06. The maximum Gasteiger partial charge on any atom is 0.233 e. The summed E-state index contributed by atoms with van der Waals surface area (Å²) in [6, 6.07) is 12.4. The van der Waals surface area contributed by atoms with Gasteiger partial charge in [0, 0.05) is 23.4 Å². The zero-order chi connectivity index (χ0) is 15.5. The van der Waals surface area contributed by atoms with Gasteiger partial charge in [-0.15, -0.1) is 23.1 Å². The van der Waals surface area contributed by atoms with Gasteiger partial charge >= 0.3 is 0 Å². The van der Waals surface area contributed by atoms with Gasteiger partial charge in [-0.2, -0.15) is 0 Å². The molecular weight excluding hydrogens is 298 g/mol. The summed E-state index contributed by atoms with van der Waals surface area (Å²) >= 11 is 3.36. The van der Waals surface area contributed by atoms with Crippen molar-refractivity contribution in [1.29, 1.82) is 0 Å². The van der Waals surface area contributed by atoms with Crippen molar-refractivity contribution in [3.63, 3.8) is 0 Å². The van der Waals surface area contributed by atoms with Crippen LogP contribution in [0.1, 0.15) is 24.3 Å². The van der Waals surface area contributed by atoms with Crippen LogP contribution in [0.25, 0.3) is 0 Å². The second kappa shape index (κ2) is 6.67. The number of thiophene rings is 1. The van der Waals surface area contributed by atoms with Crippen molar-refractivity contribution >= 4 is 29.0 Å². The van der Waals surface area contributed by atoms with Crippen LogP contribution in [0.2, 0.25) is 0 Å². The van der Waals surface area contributed by atoms with Crippen LogP contribution in [0.3, 0.4) is 0 Å². The number of carbonyl (C=O) groups is 1. The van der Waals surface area contributed by atoms with E-state index in [9.17, 15) is 4.79 Å². The van der Waals surface area contributed by atoms with Crippen LogP contribution in [-0.4, -0.2) is 24.1 Å². The molecule has 0 aliphatic rings. The highest BCUT2D eigenvalue weighted by atomic mass is 32.2. The Labute approximate surface area is 135 Å². The Morgan fingerprint density at radius 1 is 1.24 bits per heavy atom. The average Bonchev–Trinajstić information content (AvgIpc) is 3.02. The Kier molecular flexibility index (Phi) is 5.12. The molecule has 2 nitrogen and oxygen atoms in total. The highest BCUT2D eigenvalue weighted by Gasteiger charge is 2.33. The lowest BCUT2D eigenvalue weighted by atomic mass is 9.89. The molecule has 0 aliphatic heterocycles. The molecule has 1 aromatic heterocycles. The molecule has 1 aromatic carbocycles. The number of hydrogen-bond acceptors (Lipinski definition) is 3. The first kappa shape index (κ1) is 16.1. The van der Waals surface area contributed by atoms with Crippen LogP contribution in [0.4, 0.5) is 0 Å². The normalized spacial score (nSPS) is 11.4. The Morgan fingerprint density at radius 2 is 1.90 bits per heavy atom. The molecule has 0 saturated heterocycles. The highest BCUT2D eigenvalue weighted by molar-refractivity contribution is 7.98. The molecule has 0 aliphatic carbocycles. The Hall–Kier alpha value is -1.26. The third kappa shape index (κ3) is 3.69. The molecule has 0 N–H and O–H groups in total. The molecule has 112 valence electrons. The van der Waals surface area contributed by atoms with Crippen molar-refractivity contribution in [2.45, 2.75) is 30.7 Å². The van der Waals surface area contributed by atoms with Gasteiger partial charge < -0.3 is 4.90 Å². The summed E-state index contributed by atoms with van der Waals surface area (Å²) in [5, 5.41) is 2.02. The number of nitrogens with zero attached hydrogens (tertiary/aromatic N) is 1. The fraction of sp³-hybridized carbons (Fsp3) is 0.353. The van der Waals surface area contributed by atoms with E-state index in [2.05, 4.69) is 30.5 Å². The van der Waals surface area contributed by atoms with Crippen molar-refractivity contribution in [1.82, 2.24) is 4.90 Å². The largest absolute Gasteiger partial charge is 0.341 e. The SMILES string of the molecule is CSc1ccc(CN(C)C(=O)C(C)(C)c2cccs2)cc1. The Balaban J connectivity index is 2.08. The lowest BCUT2D eigenvalue weighted by Crippen LogP contribution is -2.40. The van der Waals surface area contributed by atoms with E-state index in [1.54, 1.807) is 23.1 Å². The van der Waals surface area contributed by atoms with E-state index in [1.165, 1.54) is 4.90 Å². The fourth-order valence-electron chi connectivity index (χ4n) is 2.29. The van der Waals surface area contributed by atoms with Gasteiger partial charge in [0.15, 0.2) is 0 Å². The zero-order valence-corrected chi connectivity index (χ0v) is 14.6. The molecule has 0 fully saturated rings. The van der Waals surface area contributed by atoms with E-state index in [1.807, 2.05) is 43.3 Å². The van der Waals surface area contributed by atoms with E-state index in [-0.39, 0.29) is 5.91 Å². The summed E-state index contributed by atoms with van der Waals surface area (Å²) in [5.41, 5.74) is 0.688. The minimum atomic E-state index is -0.470. The Bertz CT molecular complexity index is 588. The monoisotopic (exact) mass is 319 g/mol. The first-order valence-electron chi connectivity index (χ1n) is 6.87. The fourth-order valence-corrected chi connectivity index (χ4v) is 3.54. The molecule has 1 amide bonds. The quantitative estimate of drug-likeness (QED) is 0.761. The van der Waals surface area contributed by atoms with Crippen LogP contribution in [-0.2, 0) is 16.8 Å². The minimum absolute atomic E-state index is 0.152. The molecular formula is C17H21NOS2. The number of amides is 1. The van der Waals surface area contributed by atoms with Crippen molar-refractivity contribution in [2.75, 3.05) is 13.3 Å². The molecule has 0 atom stereocenters. The standard InChI is InChI=1S/C17H21NOS2/c1-17(2,15-6-5-11-21-15)16(19)18(3)12-13-7-9-14(20-4)10-8-13/h5-11H,12H2,1-4H3. The van der Waals surface area contributed by atoms with E-state index in [4.69, 9.17) is 0 Å². The number of thioether (sulfide) groups is 1. The summed E-state index contributed by atoms with van der Waals surface area (Å²) in [7, 11) is 1.88. The maximum absolute atomic E-state index is 12.7. The summed E-state index contributed by atoms with van der Waals surface area (Å²) < 4.78 is 0. The van der Waals surface area contributed by atoms with Gasteiger partial charge in [-0.1, -0.05) is 18.2 Å². The van der Waals surface area contributed by atoms with Crippen molar-refractivity contribution < 1.29 is 4.79 Å². The smallest absolute Gasteiger partial charge is 0.233 e. The van der Waals surface area contributed by atoms with Crippen LogP contribution in [0.15, 0.2) is 46.7 Å². The van der Waals surface area contributed by atoms with Crippen LogP contribution < -0.4 is 0 Å². The molecule has 0 radical (unpaired) electrons. The molecule has 4 heteroatoms.